The number of carbonyl (C=O) groups is 1. The molecule has 4 rings (SSSR count). The van der Waals surface area contributed by atoms with Crippen molar-refractivity contribution >= 4 is 78.9 Å². The zero-order valence-electron chi connectivity index (χ0n) is 15.2. The molecule has 0 radical (unpaired) electrons. The number of nitrogens with one attached hydrogen (secondary N) is 1. The lowest BCUT2D eigenvalue weighted by atomic mass is 10.2. The molecule has 0 saturated heterocycles. The van der Waals surface area contributed by atoms with Gasteiger partial charge in [-0.05, 0) is 36.2 Å². The number of aromatic nitrogens is 2. The molecule has 0 spiro atoms. The molecular formula is C20H15Cl2N3OS3. The summed E-state index contributed by atoms with van der Waals surface area (Å²) in [6, 6.07) is 11.5. The number of nitrogens with zero attached hydrogens (tertiary/aromatic N) is 2. The summed E-state index contributed by atoms with van der Waals surface area (Å²) in [6.07, 6.45) is 0.216. The number of fused-ring (bicyclic) bond motifs is 1. The van der Waals surface area contributed by atoms with Gasteiger partial charge in [-0.2, -0.15) is 0 Å². The van der Waals surface area contributed by atoms with E-state index in [1.807, 2.05) is 42.6 Å². The molecule has 2 aromatic heterocycles. The summed E-state index contributed by atoms with van der Waals surface area (Å²) in [4.78, 5) is 21.5. The first-order chi connectivity index (χ1) is 14.0. The van der Waals surface area contributed by atoms with Crippen LogP contribution in [-0.4, -0.2) is 15.9 Å². The number of thioether (sulfide) groups is 1. The fourth-order valence-corrected chi connectivity index (χ4v) is 6.04. The fourth-order valence-electron chi connectivity index (χ4n) is 2.68. The zero-order valence-corrected chi connectivity index (χ0v) is 19.2. The molecule has 148 valence electrons. The minimum absolute atomic E-state index is 0.121. The number of aryl methyl sites for hydroxylation is 1. The van der Waals surface area contributed by atoms with Crippen molar-refractivity contribution in [2.75, 3.05) is 5.32 Å². The Morgan fingerprint density at radius 1 is 1.21 bits per heavy atom. The quantitative estimate of drug-likeness (QED) is 0.307. The summed E-state index contributed by atoms with van der Waals surface area (Å²) in [7, 11) is 0. The SMILES string of the molecule is Cc1cccc2sc(NC(=O)Cc3csc(SCc4ccc(Cl)cc4Cl)n3)nc12. The van der Waals surface area contributed by atoms with Crippen molar-refractivity contribution in [3.63, 3.8) is 0 Å². The molecule has 2 heterocycles. The summed E-state index contributed by atoms with van der Waals surface area (Å²) in [5, 5.41) is 6.67. The molecule has 0 saturated carbocycles. The van der Waals surface area contributed by atoms with Crippen LogP contribution >= 0.6 is 57.6 Å². The fraction of sp³-hybridized carbons (Fsp3) is 0.150. The van der Waals surface area contributed by atoms with Crippen LogP contribution in [0.15, 0.2) is 46.1 Å². The van der Waals surface area contributed by atoms with E-state index in [4.69, 9.17) is 23.2 Å². The molecule has 2 aromatic carbocycles. The van der Waals surface area contributed by atoms with Gasteiger partial charge in [-0.15, -0.1) is 11.3 Å². The Morgan fingerprint density at radius 3 is 2.86 bits per heavy atom. The summed E-state index contributed by atoms with van der Waals surface area (Å²) >= 11 is 16.7. The van der Waals surface area contributed by atoms with Gasteiger partial charge in [0.1, 0.15) is 4.34 Å². The average Bonchev–Trinajstić information content (AvgIpc) is 3.28. The van der Waals surface area contributed by atoms with Crippen LogP contribution in [0.3, 0.4) is 0 Å². The minimum atomic E-state index is -0.121. The third-order valence-corrected chi connectivity index (χ3v) is 7.75. The summed E-state index contributed by atoms with van der Waals surface area (Å²) < 4.78 is 1.96. The first kappa shape index (κ1) is 20.6. The second-order valence-electron chi connectivity index (χ2n) is 6.29. The molecule has 0 aliphatic carbocycles. The lowest BCUT2D eigenvalue weighted by Crippen LogP contribution is -2.14. The molecule has 29 heavy (non-hydrogen) atoms. The highest BCUT2D eigenvalue weighted by molar-refractivity contribution is 8.00. The maximum atomic E-state index is 12.4. The van der Waals surface area contributed by atoms with Gasteiger partial charge in [0.05, 0.1) is 22.3 Å². The molecule has 0 atom stereocenters. The highest BCUT2D eigenvalue weighted by Crippen LogP contribution is 2.31. The van der Waals surface area contributed by atoms with E-state index in [9.17, 15) is 4.79 Å². The molecule has 1 amide bonds. The highest BCUT2D eigenvalue weighted by Gasteiger charge is 2.12. The van der Waals surface area contributed by atoms with Crippen molar-refractivity contribution in [2.24, 2.45) is 0 Å². The van der Waals surface area contributed by atoms with Crippen LogP contribution in [0.4, 0.5) is 5.13 Å². The number of amides is 1. The van der Waals surface area contributed by atoms with Gasteiger partial charge in [0.25, 0.3) is 0 Å². The molecule has 0 aliphatic heterocycles. The Morgan fingerprint density at radius 2 is 2.07 bits per heavy atom. The zero-order chi connectivity index (χ0) is 20.4. The van der Waals surface area contributed by atoms with Gasteiger partial charge in [0.15, 0.2) is 5.13 Å². The number of benzene rings is 2. The Balaban J connectivity index is 1.35. The van der Waals surface area contributed by atoms with Crippen LogP contribution in [0, 0.1) is 6.92 Å². The lowest BCUT2D eigenvalue weighted by Gasteiger charge is -2.02. The molecule has 4 aromatic rings. The largest absolute Gasteiger partial charge is 0.302 e. The topological polar surface area (TPSA) is 54.9 Å². The van der Waals surface area contributed by atoms with E-state index < -0.39 is 0 Å². The number of anilines is 1. The molecule has 0 fully saturated rings. The maximum Gasteiger partial charge on any atom is 0.232 e. The van der Waals surface area contributed by atoms with Crippen LogP contribution in [-0.2, 0) is 17.0 Å². The van der Waals surface area contributed by atoms with Crippen molar-refractivity contribution in [2.45, 2.75) is 23.4 Å². The van der Waals surface area contributed by atoms with E-state index in [1.54, 1.807) is 17.8 Å². The number of hydrogen-bond donors (Lipinski definition) is 1. The van der Waals surface area contributed by atoms with Crippen LogP contribution in [0.25, 0.3) is 10.2 Å². The van der Waals surface area contributed by atoms with Gasteiger partial charge in [0.2, 0.25) is 5.91 Å². The molecule has 0 aliphatic rings. The van der Waals surface area contributed by atoms with Crippen LogP contribution in [0.2, 0.25) is 10.0 Å². The summed E-state index contributed by atoms with van der Waals surface area (Å²) in [5.74, 6) is 0.574. The van der Waals surface area contributed by atoms with Gasteiger partial charge in [-0.25, -0.2) is 9.97 Å². The van der Waals surface area contributed by atoms with Gasteiger partial charge < -0.3 is 5.32 Å². The second kappa shape index (κ2) is 9.02. The Labute approximate surface area is 190 Å². The Hall–Kier alpha value is -1.64. The minimum Gasteiger partial charge on any atom is -0.302 e. The van der Waals surface area contributed by atoms with Crippen LogP contribution in [0.1, 0.15) is 16.8 Å². The molecule has 0 bridgehead atoms. The first-order valence-corrected chi connectivity index (χ1v) is 12.1. The van der Waals surface area contributed by atoms with Crippen molar-refractivity contribution < 1.29 is 4.79 Å². The lowest BCUT2D eigenvalue weighted by molar-refractivity contribution is -0.115. The number of rotatable bonds is 6. The molecular weight excluding hydrogens is 465 g/mol. The second-order valence-corrected chi connectivity index (χ2v) is 10.2. The van der Waals surface area contributed by atoms with E-state index in [2.05, 4.69) is 15.3 Å². The van der Waals surface area contributed by atoms with E-state index in [-0.39, 0.29) is 12.3 Å². The summed E-state index contributed by atoms with van der Waals surface area (Å²) in [6.45, 7) is 2.01. The summed E-state index contributed by atoms with van der Waals surface area (Å²) in [5.41, 5.74) is 3.78. The van der Waals surface area contributed by atoms with Crippen LogP contribution in [0.5, 0.6) is 0 Å². The Bertz CT molecular complexity index is 1190. The van der Waals surface area contributed by atoms with Gasteiger partial charge in [0, 0.05) is 21.2 Å². The van der Waals surface area contributed by atoms with Crippen molar-refractivity contribution in [1.29, 1.82) is 0 Å². The van der Waals surface area contributed by atoms with Gasteiger partial charge >= 0.3 is 0 Å². The molecule has 1 N–H and O–H groups in total. The molecule has 9 heteroatoms. The van der Waals surface area contributed by atoms with E-state index in [0.29, 0.717) is 20.9 Å². The van der Waals surface area contributed by atoms with Gasteiger partial charge in [-0.3, -0.25) is 4.79 Å². The van der Waals surface area contributed by atoms with E-state index in [0.717, 1.165) is 31.4 Å². The average molecular weight is 480 g/mol. The first-order valence-electron chi connectivity index (χ1n) is 8.65. The van der Waals surface area contributed by atoms with E-state index >= 15 is 0 Å². The third-order valence-electron chi connectivity index (χ3n) is 4.11. The number of halogens is 2. The predicted molar refractivity (Wildman–Crippen MR) is 125 cm³/mol. The molecule has 4 nitrogen and oxygen atoms in total. The third kappa shape index (κ3) is 5.10. The smallest absolute Gasteiger partial charge is 0.232 e. The standard InChI is InChI=1S/C20H15Cl2N3OS3/c1-11-3-2-4-16-18(11)25-19(29-16)24-17(26)8-14-10-28-20(23-14)27-9-12-5-6-13(21)7-15(12)22/h2-7,10H,8-9H2,1H3,(H,24,25,26). The number of hydrogen-bond acceptors (Lipinski definition) is 6. The number of carbonyl (C=O) groups excluding carboxylic acids is 1. The normalized spacial score (nSPS) is 11.1. The Kier molecular flexibility index (Phi) is 6.41. The number of para-hydroxylation sites is 1. The van der Waals surface area contributed by atoms with Crippen molar-refractivity contribution in [1.82, 2.24) is 9.97 Å². The van der Waals surface area contributed by atoms with Gasteiger partial charge in [-0.1, -0.05) is 64.5 Å². The number of thiazole rings is 2. The maximum absolute atomic E-state index is 12.4. The van der Waals surface area contributed by atoms with E-state index in [1.165, 1.54) is 22.7 Å². The predicted octanol–water partition coefficient (Wildman–Crippen LogP) is 6.84. The van der Waals surface area contributed by atoms with Crippen molar-refractivity contribution in [3.8, 4) is 0 Å². The van der Waals surface area contributed by atoms with Crippen molar-refractivity contribution in [3.05, 3.63) is 68.6 Å². The monoisotopic (exact) mass is 479 g/mol. The van der Waals surface area contributed by atoms with Crippen LogP contribution < -0.4 is 5.32 Å². The highest BCUT2D eigenvalue weighted by atomic mass is 35.5. The molecule has 0 unspecified atom stereocenters.